The molecule has 1 spiro atoms. The molecule has 1 N–H and O–H groups in total. The average molecular weight is 410 g/mol. The first-order chi connectivity index (χ1) is 14.5. The summed E-state index contributed by atoms with van der Waals surface area (Å²) in [4.78, 5) is 4.84. The second-order valence-corrected chi connectivity index (χ2v) is 9.05. The molecule has 1 unspecified atom stereocenters. The van der Waals surface area contributed by atoms with Crippen molar-refractivity contribution in [3.05, 3.63) is 59.2 Å². The van der Waals surface area contributed by atoms with Crippen LogP contribution in [0.1, 0.15) is 48.9 Å². The van der Waals surface area contributed by atoms with E-state index in [1.807, 2.05) is 31.3 Å². The SMILES string of the molecule is Bc1ccc(C2(CCNCc3cccc(C)c3F)CCOC3(CCOCC3)C2)nc1. The van der Waals surface area contributed by atoms with Crippen LogP contribution in [0.4, 0.5) is 4.39 Å². The molecule has 3 heterocycles. The second kappa shape index (κ2) is 9.17. The van der Waals surface area contributed by atoms with E-state index in [2.05, 4.69) is 25.3 Å². The predicted octanol–water partition coefficient (Wildman–Crippen LogP) is 2.56. The molecule has 2 aromatic rings. The lowest BCUT2D eigenvalue weighted by atomic mass is 9.66. The van der Waals surface area contributed by atoms with E-state index in [-0.39, 0.29) is 16.8 Å². The van der Waals surface area contributed by atoms with Crippen LogP contribution in [0.5, 0.6) is 0 Å². The molecular weight excluding hydrogens is 378 g/mol. The minimum absolute atomic E-state index is 0.0264. The third-order valence-corrected chi connectivity index (χ3v) is 6.88. The Morgan fingerprint density at radius 3 is 2.73 bits per heavy atom. The van der Waals surface area contributed by atoms with E-state index in [0.717, 1.165) is 69.7 Å². The third kappa shape index (κ3) is 4.61. The summed E-state index contributed by atoms with van der Waals surface area (Å²) in [5.74, 6) is -0.105. The number of hydrogen-bond donors (Lipinski definition) is 1. The summed E-state index contributed by atoms with van der Waals surface area (Å²) >= 11 is 0. The van der Waals surface area contributed by atoms with Crippen LogP contribution in [0, 0.1) is 12.7 Å². The number of aromatic nitrogens is 1. The van der Waals surface area contributed by atoms with Crippen molar-refractivity contribution in [3.8, 4) is 0 Å². The van der Waals surface area contributed by atoms with Gasteiger partial charge in [0.2, 0.25) is 0 Å². The summed E-state index contributed by atoms with van der Waals surface area (Å²) in [5.41, 5.74) is 3.62. The summed E-state index contributed by atoms with van der Waals surface area (Å²) < 4.78 is 26.3. The third-order valence-electron chi connectivity index (χ3n) is 6.88. The largest absolute Gasteiger partial charge is 0.381 e. The molecule has 30 heavy (non-hydrogen) atoms. The van der Waals surface area contributed by atoms with E-state index < -0.39 is 0 Å². The highest BCUT2D eigenvalue weighted by molar-refractivity contribution is 6.32. The van der Waals surface area contributed by atoms with Crippen molar-refractivity contribution in [1.29, 1.82) is 0 Å². The van der Waals surface area contributed by atoms with Crippen LogP contribution in [0.3, 0.4) is 0 Å². The highest BCUT2D eigenvalue weighted by atomic mass is 19.1. The smallest absolute Gasteiger partial charge is 0.141 e. The molecular formula is C24H32BFN2O2. The topological polar surface area (TPSA) is 43.4 Å². The number of nitrogens with zero attached hydrogens (tertiary/aromatic N) is 1. The Morgan fingerprint density at radius 1 is 1.13 bits per heavy atom. The van der Waals surface area contributed by atoms with Gasteiger partial charge >= 0.3 is 0 Å². The fourth-order valence-corrected chi connectivity index (χ4v) is 5.02. The number of hydrogen-bond acceptors (Lipinski definition) is 4. The van der Waals surface area contributed by atoms with Crippen LogP contribution in [0.25, 0.3) is 0 Å². The van der Waals surface area contributed by atoms with Gasteiger partial charge in [-0.1, -0.05) is 29.7 Å². The maximum absolute atomic E-state index is 14.3. The summed E-state index contributed by atoms with van der Waals surface area (Å²) in [7, 11) is 2.07. The molecule has 2 aliphatic rings. The van der Waals surface area contributed by atoms with E-state index in [0.29, 0.717) is 12.1 Å². The van der Waals surface area contributed by atoms with E-state index in [4.69, 9.17) is 14.5 Å². The molecule has 1 aromatic carbocycles. The lowest BCUT2D eigenvalue weighted by Gasteiger charge is -2.49. The van der Waals surface area contributed by atoms with Gasteiger partial charge in [-0.2, -0.15) is 0 Å². The minimum Gasteiger partial charge on any atom is -0.381 e. The molecule has 2 fully saturated rings. The fraction of sp³-hybridized carbons (Fsp3) is 0.542. The lowest BCUT2D eigenvalue weighted by Crippen LogP contribution is -2.51. The highest BCUT2D eigenvalue weighted by Crippen LogP contribution is 2.46. The lowest BCUT2D eigenvalue weighted by molar-refractivity contribution is -0.154. The van der Waals surface area contributed by atoms with Crippen molar-refractivity contribution in [3.63, 3.8) is 0 Å². The van der Waals surface area contributed by atoms with Crippen LogP contribution in [-0.2, 0) is 21.4 Å². The monoisotopic (exact) mass is 410 g/mol. The van der Waals surface area contributed by atoms with Gasteiger partial charge in [-0.3, -0.25) is 4.98 Å². The van der Waals surface area contributed by atoms with Gasteiger partial charge < -0.3 is 14.8 Å². The van der Waals surface area contributed by atoms with Gasteiger partial charge in [0, 0.05) is 49.2 Å². The molecule has 0 aliphatic carbocycles. The standard InChI is InChI=1S/C24H32BFN2O2/c1-18-3-2-4-19(22(18)26)15-27-11-7-23(21-6-5-20(25)16-28-21)8-14-30-24(17-23)9-12-29-13-10-24/h2-6,16,27H,7-15,17,25H2,1H3. The summed E-state index contributed by atoms with van der Waals surface area (Å²) in [6, 6.07) is 9.94. The molecule has 4 rings (SSSR count). The predicted molar refractivity (Wildman–Crippen MR) is 120 cm³/mol. The van der Waals surface area contributed by atoms with Crippen molar-refractivity contribution in [2.24, 2.45) is 0 Å². The molecule has 1 aromatic heterocycles. The van der Waals surface area contributed by atoms with Crippen molar-refractivity contribution < 1.29 is 13.9 Å². The molecule has 0 bridgehead atoms. The molecule has 0 amide bonds. The molecule has 0 saturated carbocycles. The highest BCUT2D eigenvalue weighted by Gasteiger charge is 2.47. The zero-order valence-corrected chi connectivity index (χ0v) is 18.2. The number of halogens is 1. The zero-order valence-electron chi connectivity index (χ0n) is 18.2. The molecule has 160 valence electrons. The summed E-state index contributed by atoms with van der Waals surface area (Å²) in [6.07, 6.45) is 6.76. The van der Waals surface area contributed by atoms with Crippen LogP contribution in [0.2, 0.25) is 0 Å². The number of nitrogens with one attached hydrogen (secondary N) is 1. The second-order valence-electron chi connectivity index (χ2n) is 9.05. The normalized spacial score (nSPS) is 23.5. The first-order valence-electron chi connectivity index (χ1n) is 11.1. The van der Waals surface area contributed by atoms with Gasteiger partial charge in [-0.25, -0.2) is 4.39 Å². The number of ether oxygens (including phenoxy) is 2. The van der Waals surface area contributed by atoms with E-state index in [1.165, 1.54) is 5.46 Å². The first-order valence-corrected chi connectivity index (χ1v) is 11.1. The van der Waals surface area contributed by atoms with Gasteiger partial charge in [-0.15, -0.1) is 0 Å². The van der Waals surface area contributed by atoms with Gasteiger partial charge in [0.15, 0.2) is 0 Å². The molecule has 4 nitrogen and oxygen atoms in total. The molecule has 6 heteroatoms. The Balaban J connectivity index is 1.49. The van der Waals surface area contributed by atoms with Crippen molar-refractivity contribution in [2.75, 3.05) is 26.4 Å². The van der Waals surface area contributed by atoms with Gasteiger partial charge in [0.1, 0.15) is 13.7 Å². The van der Waals surface area contributed by atoms with Crippen molar-refractivity contribution in [2.45, 2.75) is 56.6 Å². The van der Waals surface area contributed by atoms with Crippen LogP contribution in [0.15, 0.2) is 36.5 Å². The Bertz CT molecular complexity index is 849. The van der Waals surface area contributed by atoms with Crippen LogP contribution in [-0.4, -0.2) is 44.8 Å². The van der Waals surface area contributed by atoms with Crippen molar-refractivity contribution >= 4 is 13.3 Å². The van der Waals surface area contributed by atoms with Gasteiger partial charge in [0.05, 0.1) is 5.60 Å². The average Bonchev–Trinajstić information content (AvgIpc) is 2.75. The molecule has 0 radical (unpaired) electrons. The van der Waals surface area contributed by atoms with E-state index in [1.54, 1.807) is 0 Å². The number of benzene rings is 1. The Kier molecular flexibility index (Phi) is 6.56. The number of pyridine rings is 1. The quantitative estimate of drug-likeness (QED) is 0.587. The van der Waals surface area contributed by atoms with E-state index >= 15 is 0 Å². The number of aryl methyl sites for hydroxylation is 1. The minimum atomic E-state index is -0.105. The Labute approximate surface area is 180 Å². The van der Waals surface area contributed by atoms with Gasteiger partial charge in [0.25, 0.3) is 0 Å². The molecule has 1 atom stereocenters. The van der Waals surface area contributed by atoms with Gasteiger partial charge in [-0.05, 0) is 57.2 Å². The Hall–Kier alpha value is -1.76. The summed E-state index contributed by atoms with van der Waals surface area (Å²) in [5, 5.41) is 3.48. The Morgan fingerprint density at radius 2 is 1.97 bits per heavy atom. The molecule has 2 saturated heterocycles. The maximum Gasteiger partial charge on any atom is 0.141 e. The molecule has 2 aliphatic heterocycles. The summed E-state index contributed by atoms with van der Waals surface area (Å²) in [6.45, 7) is 5.45. The fourth-order valence-electron chi connectivity index (χ4n) is 5.02. The zero-order chi connectivity index (χ0) is 21.0. The van der Waals surface area contributed by atoms with E-state index in [9.17, 15) is 4.39 Å². The number of rotatable bonds is 6. The first kappa shape index (κ1) is 21.5. The maximum atomic E-state index is 14.3. The van der Waals surface area contributed by atoms with Crippen LogP contribution >= 0.6 is 0 Å². The van der Waals surface area contributed by atoms with Crippen molar-refractivity contribution in [1.82, 2.24) is 10.3 Å². The van der Waals surface area contributed by atoms with Crippen LogP contribution < -0.4 is 10.8 Å².